The molecule has 1 aromatic heterocycles. The third-order valence-corrected chi connectivity index (χ3v) is 4.29. The highest BCUT2D eigenvalue weighted by atomic mass is 16.5. The van der Waals surface area contributed by atoms with E-state index in [-0.39, 0.29) is 16.8 Å². The van der Waals surface area contributed by atoms with Crippen LogP contribution in [-0.4, -0.2) is 16.7 Å². The summed E-state index contributed by atoms with van der Waals surface area (Å²) in [5.41, 5.74) is -0.226. The highest BCUT2D eigenvalue weighted by Gasteiger charge is 2.29. The Morgan fingerprint density at radius 3 is 2.43 bits per heavy atom. The standard InChI is InChI=1S/C22H22O6/c1-4-5-14-6-8-15(9-7-14)27-19-13-26-18-12-16(10-11-17(18)20(19)23)28-22(2,3)21(24)25/h6-13H,4-5H2,1-3H3,(H,24,25). The SMILES string of the molecule is CCCc1ccc(Oc2coc3cc(OC(C)(C)C(=O)O)ccc3c2=O)cc1. The van der Waals surface area contributed by atoms with Gasteiger partial charge in [0.05, 0.1) is 5.39 Å². The van der Waals surface area contributed by atoms with Gasteiger partial charge < -0.3 is 19.0 Å². The first-order valence-electron chi connectivity index (χ1n) is 9.05. The maximum absolute atomic E-state index is 12.7. The lowest BCUT2D eigenvalue weighted by atomic mass is 10.1. The number of aliphatic carboxylic acids is 1. The predicted molar refractivity (Wildman–Crippen MR) is 105 cm³/mol. The van der Waals surface area contributed by atoms with Gasteiger partial charge in [0.2, 0.25) is 11.2 Å². The van der Waals surface area contributed by atoms with E-state index < -0.39 is 11.6 Å². The largest absolute Gasteiger partial charge is 0.478 e. The molecule has 0 aliphatic rings. The Labute approximate surface area is 162 Å². The van der Waals surface area contributed by atoms with Crippen LogP contribution in [0.4, 0.5) is 0 Å². The normalized spacial score (nSPS) is 11.4. The van der Waals surface area contributed by atoms with Crippen LogP contribution >= 0.6 is 0 Å². The first-order valence-corrected chi connectivity index (χ1v) is 9.05. The van der Waals surface area contributed by atoms with E-state index in [9.17, 15) is 9.59 Å². The maximum atomic E-state index is 12.7. The number of fused-ring (bicyclic) bond motifs is 1. The molecule has 3 rings (SSSR count). The first kappa shape index (κ1) is 19.5. The zero-order valence-electron chi connectivity index (χ0n) is 16.0. The molecule has 0 saturated carbocycles. The fourth-order valence-corrected chi connectivity index (χ4v) is 2.70. The molecule has 0 radical (unpaired) electrons. The molecule has 0 fully saturated rings. The molecule has 0 bridgehead atoms. The van der Waals surface area contributed by atoms with Crippen molar-refractivity contribution in [2.45, 2.75) is 39.2 Å². The van der Waals surface area contributed by atoms with Crippen LogP contribution in [0, 0.1) is 0 Å². The minimum atomic E-state index is -1.40. The molecule has 0 atom stereocenters. The highest BCUT2D eigenvalue weighted by Crippen LogP contribution is 2.26. The van der Waals surface area contributed by atoms with Crippen molar-refractivity contribution in [1.82, 2.24) is 0 Å². The summed E-state index contributed by atoms with van der Waals surface area (Å²) in [5.74, 6) is -0.170. The van der Waals surface area contributed by atoms with Crippen LogP contribution in [0.15, 0.2) is 57.9 Å². The van der Waals surface area contributed by atoms with Crippen LogP contribution in [0.3, 0.4) is 0 Å². The minimum absolute atomic E-state index is 0.0790. The van der Waals surface area contributed by atoms with Gasteiger partial charge in [-0.3, -0.25) is 4.79 Å². The van der Waals surface area contributed by atoms with Crippen LogP contribution in [-0.2, 0) is 11.2 Å². The molecule has 0 aliphatic carbocycles. The van der Waals surface area contributed by atoms with Gasteiger partial charge in [-0.1, -0.05) is 25.5 Å². The van der Waals surface area contributed by atoms with E-state index in [0.29, 0.717) is 16.9 Å². The van der Waals surface area contributed by atoms with Gasteiger partial charge in [0.25, 0.3) is 0 Å². The summed E-state index contributed by atoms with van der Waals surface area (Å²) in [6.45, 7) is 5.00. The molecule has 1 N–H and O–H groups in total. The quantitative estimate of drug-likeness (QED) is 0.633. The smallest absolute Gasteiger partial charge is 0.347 e. The van der Waals surface area contributed by atoms with Gasteiger partial charge in [0.1, 0.15) is 23.3 Å². The summed E-state index contributed by atoms with van der Waals surface area (Å²) < 4.78 is 16.7. The predicted octanol–water partition coefficient (Wildman–Crippen LogP) is 4.78. The molecule has 2 aromatic carbocycles. The van der Waals surface area contributed by atoms with Crippen molar-refractivity contribution in [2.24, 2.45) is 0 Å². The van der Waals surface area contributed by atoms with E-state index >= 15 is 0 Å². The molecule has 0 amide bonds. The van der Waals surface area contributed by atoms with Gasteiger partial charge in [-0.2, -0.15) is 0 Å². The third-order valence-electron chi connectivity index (χ3n) is 4.29. The molecular weight excluding hydrogens is 360 g/mol. The van der Waals surface area contributed by atoms with Gasteiger partial charge in [0.15, 0.2) is 5.60 Å². The zero-order chi connectivity index (χ0) is 20.3. The highest BCUT2D eigenvalue weighted by molar-refractivity contribution is 5.80. The van der Waals surface area contributed by atoms with E-state index in [4.69, 9.17) is 19.0 Å². The van der Waals surface area contributed by atoms with Crippen LogP contribution in [0.2, 0.25) is 0 Å². The van der Waals surface area contributed by atoms with Crippen LogP contribution < -0.4 is 14.9 Å². The van der Waals surface area contributed by atoms with Crippen molar-refractivity contribution >= 4 is 16.9 Å². The summed E-state index contributed by atoms with van der Waals surface area (Å²) in [7, 11) is 0. The summed E-state index contributed by atoms with van der Waals surface area (Å²) in [5, 5.41) is 9.49. The summed E-state index contributed by atoms with van der Waals surface area (Å²) in [4.78, 5) is 23.9. The fraction of sp³-hybridized carbons (Fsp3) is 0.273. The van der Waals surface area contributed by atoms with E-state index in [2.05, 4.69) is 6.92 Å². The summed E-state index contributed by atoms with van der Waals surface area (Å²) in [6.07, 6.45) is 3.29. The molecule has 0 saturated heterocycles. The van der Waals surface area contributed by atoms with Crippen molar-refractivity contribution in [2.75, 3.05) is 0 Å². The van der Waals surface area contributed by atoms with Gasteiger partial charge in [-0.15, -0.1) is 0 Å². The van der Waals surface area contributed by atoms with Crippen molar-refractivity contribution in [1.29, 1.82) is 0 Å². The molecule has 1 heterocycles. The molecule has 0 aliphatic heterocycles. The van der Waals surface area contributed by atoms with E-state index in [0.717, 1.165) is 12.8 Å². The first-order chi connectivity index (χ1) is 13.3. The van der Waals surface area contributed by atoms with Gasteiger partial charge in [-0.25, -0.2) is 4.79 Å². The number of hydrogen-bond donors (Lipinski definition) is 1. The Balaban J connectivity index is 1.86. The second-order valence-corrected chi connectivity index (χ2v) is 7.00. The molecule has 146 valence electrons. The molecule has 28 heavy (non-hydrogen) atoms. The minimum Gasteiger partial charge on any atom is -0.478 e. The van der Waals surface area contributed by atoms with Gasteiger partial charge in [-0.05, 0) is 50.1 Å². The summed E-state index contributed by atoms with van der Waals surface area (Å²) in [6, 6.07) is 12.1. The van der Waals surface area contributed by atoms with E-state index in [1.807, 2.05) is 24.3 Å². The van der Waals surface area contributed by atoms with E-state index in [1.54, 1.807) is 0 Å². The third kappa shape index (κ3) is 4.17. The fourth-order valence-electron chi connectivity index (χ4n) is 2.70. The van der Waals surface area contributed by atoms with Crippen molar-refractivity contribution in [3.8, 4) is 17.2 Å². The Hall–Kier alpha value is -3.28. The Morgan fingerprint density at radius 2 is 1.79 bits per heavy atom. The topological polar surface area (TPSA) is 86.0 Å². The molecular formula is C22H22O6. The number of carboxylic acid groups (broad SMARTS) is 1. The lowest BCUT2D eigenvalue weighted by Crippen LogP contribution is -2.37. The Bertz CT molecular complexity index is 1050. The number of carboxylic acids is 1. The van der Waals surface area contributed by atoms with Crippen molar-refractivity contribution < 1.29 is 23.8 Å². The molecule has 0 spiro atoms. The second-order valence-electron chi connectivity index (χ2n) is 7.00. The second kappa shape index (κ2) is 7.76. The van der Waals surface area contributed by atoms with Crippen molar-refractivity contribution in [3.05, 3.63) is 64.5 Å². The van der Waals surface area contributed by atoms with Crippen LogP contribution in [0.25, 0.3) is 11.0 Å². The average molecular weight is 382 g/mol. The molecule has 0 unspecified atom stereocenters. The number of hydrogen-bond acceptors (Lipinski definition) is 5. The lowest BCUT2D eigenvalue weighted by Gasteiger charge is -2.21. The van der Waals surface area contributed by atoms with Gasteiger partial charge >= 0.3 is 5.97 Å². The number of carbonyl (C=O) groups is 1. The van der Waals surface area contributed by atoms with Crippen LogP contribution in [0.1, 0.15) is 32.8 Å². The number of aryl methyl sites for hydroxylation is 1. The number of rotatable bonds is 7. The molecule has 3 aromatic rings. The van der Waals surface area contributed by atoms with E-state index in [1.165, 1.54) is 43.9 Å². The summed E-state index contributed by atoms with van der Waals surface area (Å²) >= 11 is 0. The van der Waals surface area contributed by atoms with Gasteiger partial charge in [0, 0.05) is 6.07 Å². The number of benzene rings is 2. The zero-order valence-corrected chi connectivity index (χ0v) is 16.0. The van der Waals surface area contributed by atoms with Crippen LogP contribution in [0.5, 0.6) is 17.2 Å². The van der Waals surface area contributed by atoms with Crippen molar-refractivity contribution in [3.63, 3.8) is 0 Å². The average Bonchev–Trinajstić information content (AvgIpc) is 2.65. The maximum Gasteiger partial charge on any atom is 0.347 e. The Morgan fingerprint density at radius 1 is 1.11 bits per heavy atom. The monoisotopic (exact) mass is 382 g/mol. The Kier molecular flexibility index (Phi) is 5.40. The lowest BCUT2D eigenvalue weighted by molar-refractivity contribution is -0.152. The number of ether oxygens (including phenoxy) is 2. The molecule has 6 nitrogen and oxygen atoms in total. The molecule has 6 heteroatoms.